The fourth-order valence-electron chi connectivity index (χ4n) is 7.44. The van der Waals surface area contributed by atoms with Crippen LogP contribution in [0.4, 0.5) is 0 Å². The van der Waals surface area contributed by atoms with Crippen LogP contribution in [0.2, 0.25) is 0 Å². The van der Waals surface area contributed by atoms with Crippen LogP contribution in [0.25, 0.3) is 0 Å². The topological polar surface area (TPSA) is 210 Å². The van der Waals surface area contributed by atoms with Crippen LogP contribution in [0.1, 0.15) is 206 Å². The van der Waals surface area contributed by atoms with Crippen LogP contribution in [0.3, 0.4) is 0 Å². The molecule has 368 valence electrons. The van der Waals surface area contributed by atoms with Crippen molar-refractivity contribution in [1.29, 1.82) is 0 Å². The van der Waals surface area contributed by atoms with E-state index < -0.39 is 75.7 Å². The zero-order valence-electron chi connectivity index (χ0n) is 39.1. The van der Waals surface area contributed by atoms with Crippen LogP contribution in [-0.2, 0) is 32.7 Å². The predicted molar refractivity (Wildman–Crippen MR) is 249 cm³/mol. The van der Waals surface area contributed by atoms with E-state index in [1.165, 1.54) is 89.9 Å². The molecule has 0 aromatic carbocycles. The molecule has 1 fully saturated rings. The normalized spacial score (nSPS) is 22.0. The molecular formula is C49H89O13P. The van der Waals surface area contributed by atoms with Gasteiger partial charge in [-0.25, -0.2) is 4.57 Å². The van der Waals surface area contributed by atoms with Crippen molar-refractivity contribution in [3.63, 3.8) is 0 Å². The molecule has 0 heterocycles. The average Bonchev–Trinajstić information content (AvgIpc) is 3.26. The average molecular weight is 917 g/mol. The molecule has 63 heavy (non-hydrogen) atoms. The van der Waals surface area contributed by atoms with Gasteiger partial charge in [-0.2, -0.15) is 0 Å². The maximum Gasteiger partial charge on any atom is 0.472 e. The predicted octanol–water partition coefficient (Wildman–Crippen LogP) is 10.2. The lowest BCUT2D eigenvalue weighted by Crippen LogP contribution is -2.64. The Hall–Kier alpha value is -1.93. The van der Waals surface area contributed by atoms with Gasteiger partial charge in [-0.1, -0.05) is 166 Å². The Bertz CT molecular complexity index is 1240. The molecule has 1 saturated carbocycles. The first-order chi connectivity index (χ1) is 30.4. The number of aliphatic hydroxyl groups is 5. The van der Waals surface area contributed by atoms with Gasteiger partial charge in [0.2, 0.25) is 0 Å². The maximum atomic E-state index is 12.8. The minimum absolute atomic E-state index is 0.0804. The Labute approximate surface area is 380 Å². The number of hydrogen-bond donors (Lipinski definition) is 6. The highest BCUT2D eigenvalue weighted by atomic mass is 31.2. The van der Waals surface area contributed by atoms with Crippen molar-refractivity contribution in [2.75, 3.05) is 13.2 Å². The molecule has 1 aliphatic rings. The van der Waals surface area contributed by atoms with Crippen molar-refractivity contribution in [3.8, 4) is 0 Å². The van der Waals surface area contributed by atoms with Crippen molar-refractivity contribution in [3.05, 3.63) is 36.5 Å². The highest BCUT2D eigenvalue weighted by Gasteiger charge is 2.51. The highest BCUT2D eigenvalue weighted by Crippen LogP contribution is 2.47. The monoisotopic (exact) mass is 917 g/mol. The quantitative estimate of drug-likeness (QED) is 0.0146. The van der Waals surface area contributed by atoms with Gasteiger partial charge in [0.15, 0.2) is 6.10 Å². The number of phosphoric acid groups is 1. The van der Waals surface area contributed by atoms with Crippen LogP contribution in [0, 0.1) is 0 Å². The van der Waals surface area contributed by atoms with Crippen LogP contribution in [0.5, 0.6) is 0 Å². The van der Waals surface area contributed by atoms with Crippen LogP contribution in [-0.4, -0.2) is 98.3 Å². The Morgan fingerprint density at radius 3 is 1.37 bits per heavy atom. The summed E-state index contributed by atoms with van der Waals surface area (Å²) in [6.45, 7) is 3.23. The van der Waals surface area contributed by atoms with E-state index in [1.807, 2.05) is 0 Å². The first kappa shape index (κ1) is 59.1. The van der Waals surface area contributed by atoms with E-state index in [9.17, 15) is 44.6 Å². The van der Waals surface area contributed by atoms with Crippen LogP contribution in [0.15, 0.2) is 36.5 Å². The molecule has 0 radical (unpaired) electrons. The molecule has 6 unspecified atom stereocenters. The molecule has 6 atom stereocenters. The van der Waals surface area contributed by atoms with Crippen LogP contribution < -0.4 is 0 Å². The summed E-state index contributed by atoms with van der Waals surface area (Å²) in [4.78, 5) is 35.7. The number of phosphoric ester groups is 1. The molecule has 0 amide bonds. The van der Waals surface area contributed by atoms with Crippen LogP contribution >= 0.6 is 7.82 Å². The summed E-state index contributed by atoms with van der Waals surface area (Å²) in [6, 6.07) is 0. The minimum Gasteiger partial charge on any atom is -0.462 e. The second kappa shape index (κ2) is 39.3. The van der Waals surface area contributed by atoms with Crippen molar-refractivity contribution in [2.24, 2.45) is 0 Å². The molecule has 14 heteroatoms. The number of rotatable bonds is 41. The number of ether oxygens (including phenoxy) is 2. The molecule has 0 aromatic rings. The first-order valence-corrected chi connectivity index (χ1v) is 26.3. The standard InChI is InChI=1S/C49H89O13P/c1-3-5-7-9-11-13-15-17-18-19-20-21-22-23-24-26-27-29-31-33-35-37-42(50)59-39-41(40-60-63(57,58)62-49-47(55)45(53)44(52)46(54)48(49)56)61-43(51)38-36-34-32-30-28-25-16-14-12-10-8-6-4-2/h8,10,14,16,19-20,41,44-49,52-56H,3-7,9,11-13,15,17-18,21-40H2,1-2H3,(H,57,58)/b10-8-,16-14-,20-19-. The second-order valence-electron chi connectivity index (χ2n) is 17.3. The highest BCUT2D eigenvalue weighted by molar-refractivity contribution is 7.47. The summed E-state index contributed by atoms with van der Waals surface area (Å²) < 4.78 is 33.6. The Morgan fingerprint density at radius 1 is 0.492 bits per heavy atom. The van der Waals surface area contributed by atoms with E-state index in [0.29, 0.717) is 12.8 Å². The summed E-state index contributed by atoms with van der Waals surface area (Å²) in [5.41, 5.74) is 0. The van der Waals surface area contributed by atoms with Gasteiger partial charge in [-0.3, -0.25) is 18.6 Å². The van der Waals surface area contributed by atoms with Gasteiger partial charge in [-0.15, -0.1) is 0 Å². The minimum atomic E-state index is -5.12. The third kappa shape index (κ3) is 31.6. The lowest BCUT2D eigenvalue weighted by molar-refractivity contribution is -0.220. The Balaban J connectivity index is 2.39. The van der Waals surface area contributed by atoms with E-state index in [1.54, 1.807) is 0 Å². The second-order valence-corrected chi connectivity index (χ2v) is 18.7. The third-order valence-electron chi connectivity index (χ3n) is 11.4. The lowest BCUT2D eigenvalue weighted by Gasteiger charge is -2.41. The summed E-state index contributed by atoms with van der Waals surface area (Å²) in [5, 5.41) is 50.2. The van der Waals surface area contributed by atoms with E-state index >= 15 is 0 Å². The molecule has 6 N–H and O–H groups in total. The number of hydrogen-bond acceptors (Lipinski definition) is 12. The smallest absolute Gasteiger partial charge is 0.462 e. The lowest BCUT2D eigenvalue weighted by atomic mass is 9.85. The first-order valence-electron chi connectivity index (χ1n) is 24.8. The molecule has 0 aliphatic heterocycles. The van der Waals surface area contributed by atoms with Gasteiger partial charge in [0, 0.05) is 12.8 Å². The van der Waals surface area contributed by atoms with Gasteiger partial charge in [-0.05, 0) is 64.2 Å². The van der Waals surface area contributed by atoms with Crippen molar-refractivity contribution < 1.29 is 63.1 Å². The van der Waals surface area contributed by atoms with E-state index in [0.717, 1.165) is 77.0 Å². The Morgan fingerprint density at radius 2 is 0.889 bits per heavy atom. The Kier molecular flexibility index (Phi) is 36.8. The molecule has 1 aliphatic carbocycles. The summed E-state index contributed by atoms with van der Waals surface area (Å²) >= 11 is 0. The van der Waals surface area contributed by atoms with Crippen molar-refractivity contribution in [2.45, 2.75) is 249 Å². The van der Waals surface area contributed by atoms with E-state index in [4.69, 9.17) is 18.5 Å². The number of allylic oxidation sites excluding steroid dienone is 6. The van der Waals surface area contributed by atoms with E-state index in [-0.39, 0.29) is 12.8 Å². The molecule has 0 aromatic heterocycles. The van der Waals surface area contributed by atoms with E-state index in [2.05, 4.69) is 50.3 Å². The zero-order valence-corrected chi connectivity index (χ0v) is 40.0. The largest absolute Gasteiger partial charge is 0.472 e. The van der Waals surface area contributed by atoms with Gasteiger partial charge in [0.1, 0.15) is 43.2 Å². The fraction of sp³-hybridized carbons (Fsp3) is 0.837. The molecule has 0 saturated heterocycles. The fourth-order valence-corrected chi connectivity index (χ4v) is 8.41. The van der Waals surface area contributed by atoms with Gasteiger partial charge in [0.05, 0.1) is 6.61 Å². The zero-order chi connectivity index (χ0) is 46.4. The third-order valence-corrected chi connectivity index (χ3v) is 12.4. The molecule has 0 spiro atoms. The number of carbonyl (C=O) groups is 2. The maximum absolute atomic E-state index is 12.8. The van der Waals surface area contributed by atoms with Gasteiger partial charge >= 0.3 is 19.8 Å². The molecule has 1 rings (SSSR count). The SMILES string of the molecule is CCC/C=C\C/C=C\CCCCCCCC(=O)OC(COC(=O)CCCCCCCCCCC/C=C\CCCCCCCCCC)COP(=O)(O)OC1C(O)C(O)C(O)C(O)C1O. The molecule has 13 nitrogen and oxygen atoms in total. The summed E-state index contributed by atoms with van der Waals surface area (Å²) in [6.07, 6.45) is 32.0. The number of carbonyl (C=O) groups excluding carboxylic acids is 2. The number of aliphatic hydroxyl groups excluding tert-OH is 5. The molecule has 0 bridgehead atoms. The molecular weight excluding hydrogens is 828 g/mol. The number of esters is 2. The summed E-state index contributed by atoms with van der Waals surface area (Å²) in [7, 11) is -5.12. The summed E-state index contributed by atoms with van der Waals surface area (Å²) in [5.74, 6) is -1.11. The number of unbranched alkanes of at least 4 members (excludes halogenated alkanes) is 23. The van der Waals surface area contributed by atoms with Gasteiger partial charge < -0.3 is 39.9 Å². The van der Waals surface area contributed by atoms with Crippen molar-refractivity contribution >= 4 is 19.8 Å². The van der Waals surface area contributed by atoms with Gasteiger partial charge in [0.25, 0.3) is 0 Å². The van der Waals surface area contributed by atoms with Crippen molar-refractivity contribution in [1.82, 2.24) is 0 Å².